The zero-order chi connectivity index (χ0) is 24.4. The lowest BCUT2D eigenvalue weighted by atomic mass is 9.73. The number of carbonyl (C=O) groups is 1. The van der Waals surface area contributed by atoms with Gasteiger partial charge in [-0.1, -0.05) is 40.2 Å². The van der Waals surface area contributed by atoms with Gasteiger partial charge in [0, 0.05) is 25.2 Å². The molecule has 4 atom stereocenters. The van der Waals surface area contributed by atoms with E-state index in [1.165, 1.54) is 6.07 Å². The average Bonchev–Trinajstić information content (AvgIpc) is 3.21. The molecular formula is C26H39F3N2O2. The van der Waals surface area contributed by atoms with Crippen LogP contribution in [0, 0.1) is 11.3 Å². The van der Waals surface area contributed by atoms with Gasteiger partial charge in [-0.05, 0) is 67.7 Å². The predicted molar refractivity (Wildman–Crippen MR) is 124 cm³/mol. The zero-order valence-corrected chi connectivity index (χ0v) is 20.3. The summed E-state index contributed by atoms with van der Waals surface area (Å²) >= 11 is 0. The second-order valence-electron chi connectivity index (χ2n) is 10.2. The molecule has 1 fully saturated rings. The molecular weight excluding hydrogens is 429 g/mol. The summed E-state index contributed by atoms with van der Waals surface area (Å²) in [5, 5.41) is 14.0. The Morgan fingerprint density at radius 2 is 2.00 bits per heavy atom. The number of nitrogens with zero attached hydrogens (tertiary/aromatic N) is 1. The van der Waals surface area contributed by atoms with E-state index in [0.29, 0.717) is 31.4 Å². The molecule has 1 amide bonds. The largest absolute Gasteiger partial charge is 0.416 e. The van der Waals surface area contributed by atoms with Crippen LogP contribution in [-0.2, 0) is 23.9 Å². The topological polar surface area (TPSA) is 52.6 Å². The summed E-state index contributed by atoms with van der Waals surface area (Å²) in [4.78, 5) is 15.6. The molecule has 1 heterocycles. The van der Waals surface area contributed by atoms with Crippen molar-refractivity contribution in [3.8, 4) is 0 Å². The maximum absolute atomic E-state index is 13.8. The van der Waals surface area contributed by atoms with Gasteiger partial charge in [0.15, 0.2) is 0 Å². The summed E-state index contributed by atoms with van der Waals surface area (Å²) < 4.78 is 39.6. The number of aliphatic hydroxyl groups is 1. The smallest absolute Gasteiger partial charge is 0.392 e. The van der Waals surface area contributed by atoms with Crippen LogP contribution in [0.5, 0.6) is 0 Å². The number of fused-ring (bicyclic) bond motifs is 1. The summed E-state index contributed by atoms with van der Waals surface area (Å²) in [6, 6.07) is 4.07. The van der Waals surface area contributed by atoms with Gasteiger partial charge >= 0.3 is 6.18 Å². The first-order valence-electron chi connectivity index (χ1n) is 12.4. The van der Waals surface area contributed by atoms with Crippen LogP contribution in [0.25, 0.3) is 0 Å². The first kappa shape index (κ1) is 26.0. The van der Waals surface area contributed by atoms with E-state index >= 15 is 0 Å². The molecule has 0 spiro atoms. The van der Waals surface area contributed by atoms with E-state index in [-0.39, 0.29) is 30.5 Å². The van der Waals surface area contributed by atoms with Gasteiger partial charge in [0.25, 0.3) is 0 Å². The fraction of sp³-hybridized carbons (Fsp3) is 0.731. The molecule has 33 heavy (non-hydrogen) atoms. The van der Waals surface area contributed by atoms with Crippen LogP contribution in [0.2, 0.25) is 0 Å². The van der Waals surface area contributed by atoms with Crippen LogP contribution in [0.3, 0.4) is 0 Å². The Kier molecular flexibility index (Phi) is 8.15. The number of aliphatic hydroxyl groups excluding tert-OH is 1. The first-order valence-corrected chi connectivity index (χ1v) is 12.4. The van der Waals surface area contributed by atoms with Crippen LogP contribution in [-0.4, -0.2) is 40.6 Å². The minimum absolute atomic E-state index is 0.0192. The van der Waals surface area contributed by atoms with Gasteiger partial charge in [-0.2, -0.15) is 13.2 Å². The molecule has 1 aromatic carbocycles. The van der Waals surface area contributed by atoms with Gasteiger partial charge in [-0.15, -0.1) is 0 Å². The number of rotatable bonds is 8. The van der Waals surface area contributed by atoms with E-state index in [0.717, 1.165) is 37.3 Å². The summed E-state index contributed by atoms with van der Waals surface area (Å²) in [6.45, 7) is 9.00. The van der Waals surface area contributed by atoms with E-state index in [2.05, 4.69) is 26.1 Å². The van der Waals surface area contributed by atoms with Crippen LogP contribution in [0.1, 0.15) is 82.9 Å². The third-order valence-electron chi connectivity index (χ3n) is 7.85. The summed E-state index contributed by atoms with van der Waals surface area (Å²) in [7, 11) is 0. The number of carbonyl (C=O) groups excluding carboxylic acids is 1. The molecule has 0 saturated heterocycles. The van der Waals surface area contributed by atoms with Gasteiger partial charge in [-0.25, -0.2) is 0 Å². The van der Waals surface area contributed by atoms with Crippen molar-refractivity contribution in [1.82, 2.24) is 10.2 Å². The minimum Gasteiger partial charge on any atom is -0.392 e. The van der Waals surface area contributed by atoms with Crippen molar-refractivity contribution in [3.05, 3.63) is 34.9 Å². The molecule has 3 rings (SSSR count). The van der Waals surface area contributed by atoms with Crippen LogP contribution in [0.15, 0.2) is 18.2 Å². The number of hydrogen-bond donors (Lipinski definition) is 2. The Balaban J connectivity index is 1.76. The second kappa shape index (κ2) is 10.3. The zero-order valence-electron chi connectivity index (χ0n) is 20.3. The Labute approximate surface area is 195 Å². The minimum atomic E-state index is -4.39. The van der Waals surface area contributed by atoms with E-state index in [1.54, 1.807) is 11.0 Å². The Morgan fingerprint density at radius 3 is 2.61 bits per heavy atom. The molecule has 1 aliphatic carbocycles. The normalized spacial score (nSPS) is 25.2. The lowest BCUT2D eigenvalue weighted by Gasteiger charge is -2.40. The molecule has 7 heteroatoms. The Hall–Kier alpha value is -1.60. The number of alkyl halides is 3. The number of halogens is 3. The summed E-state index contributed by atoms with van der Waals surface area (Å²) in [5.74, 6) is 0.188. The maximum Gasteiger partial charge on any atom is 0.416 e. The van der Waals surface area contributed by atoms with E-state index in [1.807, 2.05) is 6.92 Å². The third kappa shape index (κ3) is 5.56. The van der Waals surface area contributed by atoms with Crippen molar-refractivity contribution in [1.29, 1.82) is 0 Å². The van der Waals surface area contributed by atoms with Crippen molar-refractivity contribution in [2.45, 2.75) is 104 Å². The van der Waals surface area contributed by atoms with Gasteiger partial charge in [-0.3, -0.25) is 4.79 Å². The molecule has 2 N–H and O–H groups in total. The van der Waals surface area contributed by atoms with Crippen LogP contribution >= 0.6 is 0 Å². The average molecular weight is 469 g/mol. The standard InChI is InChI=1S/C26H39F3N2O2/c1-5-7-22(23(32)6-2)30-21-10-12-25(15-21,17(3)4)24(33)31-13-11-18-8-9-20(26(27,28)29)14-19(18)16-31/h8-9,14,17,21-23,30,32H,5-7,10-13,15-16H2,1-4H3/t21-,22-,23+,25+/m1/s1. The van der Waals surface area contributed by atoms with Crippen molar-refractivity contribution < 1.29 is 23.1 Å². The molecule has 186 valence electrons. The highest BCUT2D eigenvalue weighted by molar-refractivity contribution is 5.84. The van der Waals surface area contributed by atoms with E-state index in [9.17, 15) is 23.1 Å². The predicted octanol–water partition coefficient (Wildman–Crippen LogP) is 5.31. The SMILES string of the molecule is CCC[C@@H](N[C@@H]1CC[C@@](C(=O)N2CCc3ccc(C(F)(F)F)cc3C2)(C(C)C)C1)[C@@H](O)CC. The van der Waals surface area contributed by atoms with E-state index < -0.39 is 23.3 Å². The molecule has 1 aliphatic heterocycles. The first-order chi connectivity index (χ1) is 15.5. The lowest BCUT2D eigenvalue weighted by molar-refractivity contribution is -0.145. The Bertz CT molecular complexity index is 826. The quantitative estimate of drug-likeness (QED) is 0.543. The van der Waals surface area contributed by atoms with Gasteiger partial charge in [0.2, 0.25) is 5.91 Å². The molecule has 1 saturated carbocycles. The highest BCUT2D eigenvalue weighted by Gasteiger charge is 2.50. The van der Waals surface area contributed by atoms with Crippen LogP contribution < -0.4 is 5.32 Å². The fourth-order valence-electron chi connectivity index (χ4n) is 5.69. The summed E-state index contributed by atoms with van der Waals surface area (Å²) in [6.07, 6.45) is 0.659. The molecule has 0 bridgehead atoms. The van der Waals surface area contributed by atoms with Gasteiger partial charge in [0.05, 0.1) is 17.1 Å². The van der Waals surface area contributed by atoms with Crippen molar-refractivity contribution >= 4 is 5.91 Å². The van der Waals surface area contributed by atoms with Crippen LogP contribution in [0.4, 0.5) is 13.2 Å². The molecule has 0 radical (unpaired) electrons. The second-order valence-corrected chi connectivity index (χ2v) is 10.2. The number of hydrogen-bond acceptors (Lipinski definition) is 3. The molecule has 1 aromatic rings. The highest BCUT2D eigenvalue weighted by Crippen LogP contribution is 2.47. The lowest BCUT2D eigenvalue weighted by Crippen LogP contribution is -2.49. The Morgan fingerprint density at radius 1 is 1.27 bits per heavy atom. The highest BCUT2D eigenvalue weighted by atomic mass is 19.4. The van der Waals surface area contributed by atoms with Crippen molar-refractivity contribution in [2.75, 3.05) is 6.54 Å². The van der Waals surface area contributed by atoms with Crippen molar-refractivity contribution in [2.24, 2.45) is 11.3 Å². The van der Waals surface area contributed by atoms with Gasteiger partial charge < -0.3 is 15.3 Å². The number of amides is 1. The number of benzene rings is 1. The van der Waals surface area contributed by atoms with Gasteiger partial charge in [0.1, 0.15) is 0 Å². The molecule has 0 unspecified atom stereocenters. The number of nitrogens with one attached hydrogen (secondary N) is 1. The molecule has 2 aliphatic rings. The monoisotopic (exact) mass is 468 g/mol. The summed E-state index contributed by atoms with van der Waals surface area (Å²) in [5.41, 5.74) is 0.318. The third-order valence-corrected chi connectivity index (χ3v) is 7.85. The molecule has 0 aromatic heterocycles. The van der Waals surface area contributed by atoms with Crippen molar-refractivity contribution in [3.63, 3.8) is 0 Å². The van der Waals surface area contributed by atoms with E-state index in [4.69, 9.17) is 0 Å². The fourth-order valence-corrected chi connectivity index (χ4v) is 5.69. The molecule has 4 nitrogen and oxygen atoms in total. The maximum atomic E-state index is 13.8.